The lowest BCUT2D eigenvalue weighted by molar-refractivity contribution is 0.0218. The molecule has 1 unspecified atom stereocenters. The summed E-state index contributed by atoms with van der Waals surface area (Å²) in [5.74, 6) is 1.30. The average molecular weight is 435 g/mol. The Morgan fingerprint density at radius 2 is 2.09 bits per heavy atom. The number of benzene rings is 2. The topological polar surface area (TPSA) is 51.2 Å². The van der Waals surface area contributed by atoms with Gasteiger partial charge in [-0.05, 0) is 55.9 Å². The van der Waals surface area contributed by atoms with Gasteiger partial charge in [0.1, 0.15) is 12.2 Å². The normalized spacial score (nSPS) is 25.9. The van der Waals surface area contributed by atoms with Gasteiger partial charge in [0.2, 0.25) is 0 Å². The molecule has 6 heteroatoms. The third-order valence-corrected chi connectivity index (χ3v) is 6.99. The van der Waals surface area contributed by atoms with Crippen LogP contribution in [-0.2, 0) is 16.7 Å². The Hall–Kier alpha value is -2.99. The van der Waals surface area contributed by atoms with Crippen molar-refractivity contribution < 1.29 is 19.0 Å². The minimum Gasteiger partial charge on any atom is -0.493 e. The van der Waals surface area contributed by atoms with Crippen LogP contribution in [0.1, 0.15) is 34.3 Å². The van der Waals surface area contributed by atoms with Gasteiger partial charge in [0, 0.05) is 38.3 Å². The standard InChI is InChI=1S/C26H30N2O4/c1-27(2)19-7-5-6-17(14-19)25(29)31-20-10-11-26-12-13-28(3)16-18-8-9-21(30-4)24(23(18)26)32-22(26)15-20/h5-11,14,20,22H,12-13,15-16H2,1-4H3/t20?,22-,26-/m0/s1. The van der Waals surface area contributed by atoms with E-state index >= 15 is 0 Å². The van der Waals surface area contributed by atoms with Gasteiger partial charge >= 0.3 is 5.97 Å². The molecule has 2 heterocycles. The number of esters is 1. The summed E-state index contributed by atoms with van der Waals surface area (Å²) in [6.45, 7) is 1.86. The SMILES string of the molecule is COc1ccc2c3c1O[C@H]1CC(OC(=O)c4cccc(N(C)C)c4)C=C[C@@]31CCN(C)C2. The van der Waals surface area contributed by atoms with Crippen LogP contribution in [-0.4, -0.2) is 57.9 Å². The van der Waals surface area contributed by atoms with Gasteiger partial charge < -0.3 is 24.0 Å². The van der Waals surface area contributed by atoms with Crippen molar-refractivity contribution in [3.05, 3.63) is 65.2 Å². The molecule has 0 amide bonds. The van der Waals surface area contributed by atoms with E-state index in [0.29, 0.717) is 12.0 Å². The number of carbonyl (C=O) groups is 1. The Balaban J connectivity index is 1.43. The maximum atomic E-state index is 12.9. The van der Waals surface area contributed by atoms with E-state index in [1.54, 1.807) is 13.2 Å². The number of carbonyl (C=O) groups excluding carboxylic acids is 1. The predicted octanol–water partition coefficient (Wildman–Crippen LogP) is 3.78. The van der Waals surface area contributed by atoms with Gasteiger partial charge in [-0.1, -0.05) is 18.2 Å². The Morgan fingerprint density at radius 3 is 2.88 bits per heavy atom. The Bertz CT molecular complexity index is 1080. The molecule has 5 rings (SSSR count). The van der Waals surface area contributed by atoms with E-state index in [-0.39, 0.29) is 23.6 Å². The summed E-state index contributed by atoms with van der Waals surface area (Å²) in [6.07, 6.45) is 5.45. The van der Waals surface area contributed by atoms with Gasteiger partial charge in [-0.2, -0.15) is 0 Å². The lowest BCUT2D eigenvalue weighted by Gasteiger charge is -2.36. The maximum absolute atomic E-state index is 12.9. The average Bonchev–Trinajstić information content (AvgIpc) is 3.05. The van der Waals surface area contributed by atoms with Gasteiger partial charge in [0.05, 0.1) is 18.1 Å². The molecule has 0 bridgehead atoms. The van der Waals surface area contributed by atoms with Crippen LogP contribution in [0.2, 0.25) is 0 Å². The van der Waals surface area contributed by atoms with Crippen LogP contribution in [0.4, 0.5) is 5.69 Å². The molecule has 0 radical (unpaired) electrons. The highest BCUT2D eigenvalue weighted by Crippen LogP contribution is 2.55. The first-order valence-electron chi connectivity index (χ1n) is 11.1. The predicted molar refractivity (Wildman–Crippen MR) is 124 cm³/mol. The third-order valence-electron chi connectivity index (χ3n) is 6.99. The van der Waals surface area contributed by atoms with Crippen molar-refractivity contribution in [3.8, 4) is 11.5 Å². The van der Waals surface area contributed by atoms with Crippen LogP contribution in [0.15, 0.2) is 48.6 Å². The molecule has 3 aliphatic rings. The smallest absolute Gasteiger partial charge is 0.338 e. The highest BCUT2D eigenvalue weighted by Gasteiger charge is 2.53. The fourth-order valence-corrected chi connectivity index (χ4v) is 5.27. The van der Waals surface area contributed by atoms with Crippen LogP contribution in [0.3, 0.4) is 0 Å². The van der Waals surface area contributed by atoms with Crippen LogP contribution in [0, 0.1) is 0 Å². The van der Waals surface area contributed by atoms with Gasteiger partial charge in [-0.25, -0.2) is 4.79 Å². The van der Waals surface area contributed by atoms with Gasteiger partial charge in [0.15, 0.2) is 11.5 Å². The van der Waals surface area contributed by atoms with E-state index in [2.05, 4.69) is 30.2 Å². The van der Waals surface area contributed by atoms with Crippen molar-refractivity contribution >= 4 is 11.7 Å². The van der Waals surface area contributed by atoms with E-state index in [0.717, 1.165) is 36.7 Å². The molecule has 168 valence electrons. The highest BCUT2D eigenvalue weighted by atomic mass is 16.6. The molecule has 1 aliphatic carbocycles. The second kappa shape index (κ2) is 7.85. The number of anilines is 1. The van der Waals surface area contributed by atoms with Crippen LogP contribution < -0.4 is 14.4 Å². The van der Waals surface area contributed by atoms with Crippen molar-refractivity contribution in [1.29, 1.82) is 0 Å². The molecule has 2 aromatic rings. The van der Waals surface area contributed by atoms with E-state index < -0.39 is 0 Å². The fraction of sp³-hybridized carbons (Fsp3) is 0.423. The number of rotatable bonds is 4. The van der Waals surface area contributed by atoms with Crippen molar-refractivity contribution in [1.82, 2.24) is 4.90 Å². The van der Waals surface area contributed by atoms with E-state index in [1.165, 1.54) is 11.1 Å². The molecular weight excluding hydrogens is 404 g/mol. The summed E-state index contributed by atoms with van der Waals surface area (Å²) in [5, 5.41) is 0. The number of hydrogen-bond acceptors (Lipinski definition) is 6. The van der Waals surface area contributed by atoms with Crippen molar-refractivity contribution in [2.24, 2.45) is 0 Å². The Kier molecular flexibility index (Phi) is 5.13. The molecule has 32 heavy (non-hydrogen) atoms. The largest absolute Gasteiger partial charge is 0.493 e. The Morgan fingerprint density at radius 1 is 1.25 bits per heavy atom. The molecule has 6 nitrogen and oxygen atoms in total. The van der Waals surface area contributed by atoms with Crippen molar-refractivity contribution in [3.63, 3.8) is 0 Å². The molecule has 1 spiro atoms. The summed E-state index contributed by atoms with van der Waals surface area (Å²) >= 11 is 0. The molecule has 0 saturated heterocycles. The summed E-state index contributed by atoms with van der Waals surface area (Å²) in [4.78, 5) is 17.2. The lowest BCUT2D eigenvalue weighted by atomic mass is 9.69. The molecule has 0 N–H and O–H groups in total. The molecule has 0 aromatic heterocycles. The van der Waals surface area contributed by atoms with Crippen LogP contribution >= 0.6 is 0 Å². The molecular formula is C26H30N2O4. The summed E-state index contributed by atoms with van der Waals surface area (Å²) < 4.78 is 18.0. The summed E-state index contributed by atoms with van der Waals surface area (Å²) in [5.41, 5.74) is 3.84. The monoisotopic (exact) mass is 434 g/mol. The van der Waals surface area contributed by atoms with Crippen LogP contribution in [0.5, 0.6) is 11.5 Å². The van der Waals surface area contributed by atoms with Crippen molar-refractivity contribution in [2.45, 2.75) is 37.0 Å². The molecule has 0 fully saturated rings. The summed E-state index contributed by atoms with van der Waals surface area (Å²) in [7, 11) is 7.75. The first-order chi connectivity index (χ1) is 15.4. The molecule has 2 aliphatic heterocycles. The maximum Gasteiger partial charge on any atom is 0.338 e. The molecule has 2 aromatic carbocycles. The van der Waals surface area contributed by atoms with Gasteiger partial charge in [-0.3, -0.25) is 0 Å². The Labute approximate surface area is 189 Å². The fourth-order valence-electron chi connectivity index (χ4n) is 5.27. The third kappa shape index (κ3) is 3.34. The van der Waals surface area contributed by atoms with Gasteiger partial charge in [0.25, 0.3) is 0 Å². The second-order valence-corrected chi connectivity index (χ2v) is 9.25. The van der Waals surface area contributed by atoms with E-state index in [1.807, 2.05) is 43.3 Å². The zero-order valence-corrected chi connectivity index (χ0v) is 19.1. The quantitative estimate of drug-likeness (QED) is 0.539. The minimum absolute atomic E-state index is 0.0880. The lowest BCUT2D eigenvalue weighted by Crippen LogP contribution is -2.43. The zero-order valence-electron chi connectivity index (χ0n) is 19.1. The van der Waals surface area contributed by atoms with Gasteiger partial charge in [-0.15, -0.1) is 0 Å². The van der Waals surface area contributed by atoms with E-state index in [4.69, 9.17) is 14.2 Å². The second-order valence-electron chi connectivity index (χ2n) is 9.25. The summed E-state index contributed by atoms with van der Waals surface area (Å²) in [6, 6.07) is 11.7. The number of ether oxygens (including phenoxy) is 3. The molecule has 0 saturated carbocycles. The van der Waals surface area contributed by atoms with Crippen molar-refractivity contribution in [2.75, 3.05) is 39.7 Å². The van der Waals surface area contributed by atoms with E-state index in [9.17, 15) is 4.79 Å². The number of hydrogen-bond donors (Lipinski definition) is 0. The minimum atomic E-state index is -0.328. The number of nitrogens with zero attached hydrogens (tertiary/aromatic N) is 2. The highest BCUT2D eigenvalue weighted by molar-refractivity contribution is 5.90. The molecule has 3 atom stereocenters. The zero-order chi connectivity index (χ0) is 22.5. The first kappa shape index (κ1) is 20.9. The number of methoxy groups -OCH3 is 1. The first-order valence-corrected chi connectivity index (χ1v) is 11.1. The van der Waals surface area contributed by atoms with Crippen LogP contribution in [0.25, 0.3) is 0 Å².